The molecule has 0 bridgehead atoms. The molecule has 0 saturated carbocycles. The van der Waals surface area contributed by atoms with E-state index >= 15 is 0 Å². The van der Waals surface area contributed by atoms with Crippen molar-refractivity contribution < 1.29 is 13.2 Å². The summed E-state index contributed by atoms with van der Waals surface area (Å²) < 4.78 is 27.2. The molecule has 0 spiro atoms. The van der Waals surface area contributed by atoms with Gasteiger partial charge in [0, 0.05) is 18.1 Å². The van der Waals surface area contributed by atoms with Crippen LogP contribution in [0.15, 0.2) is 59.5 Å². The lowest BCUT2D eigenvalue weighted by Gasteiger charge is -2.33. The van der Waals surface area contributed by atoms with E-state index in [2.05, 4.69) is 5.32 Å². The van der Waals surface area contributed by atoms with Crippen LogP contribution in [0.2, 0.25) is 5.02 Å². The van der Waals surface area contributed by atoms with Gasteiger partial charge in [-0.2, -0.15) is 4.31 Å². The number of rotatable bonds is 5. The molecule has 3 rings (SSSR count). The molecular weight excluding hydrogens is 372 g/mol. The van der Waals surface area contributed by atoms with Crippen molar-refractivity contribution in [2.24, 2.45) is 0 Å². The lowest BCUT2D eigenvalue weighted by atomic mass is 10.0. The maximum absolute atomic E-state index is 12.9. The van der Waals surface area contributed by atoms with E-state index in [-0.39, 0.29) is 10.8 Å². The summed E-state index contributed by atoms with van der Waals surface area (Å²) >= 11 is 5.96. The molecule has 1 atom stereocenters. The Bertz CT molecular complexity index is 871. The first-order chi connectivity index (χ1) is 12.5. The van der Waals surface area contributed by atoms with Crippen LogP contribution in [0.25, 0.3) is 0 Å². The summed E-state index contributed by atoms with van der Waals surface area (Å²) in [5.41, 5.74) is 0.874. The van der Waals surface area contributed by atoms with Crippen molar-refractivity contribution in [3.05, 3.63) is 65.2 Å². The van der Waals surface area contributed by atoms with Crippen LogP contribution in [0.3, 0.4) is 0 Å². The number of halogens is 1. The average Bonchev–Trinajstić information content (AvgIpc) is 2.67. The SMILES string of the molecule is O=C(NCc1cccc(Cl)c1)[C@@H]1CCCCN1S(=O)(=O)c1ccccc1. The summed E-state index contributed by atoms with van der Waals surface area (Å²) in [6.07, 6.45) is 2.10. The second kappa shape index (κ2) is 8.20. The van der Waals surface area contributed by atoms with Crippen LogP contribution < -0.4 is 5.32 Å². The van der Waals surface area contributed by atoms with Gasteiger partial charge in [-0.15, -0.1) is 0 Å². The van der Waals surface area contributed by atoms with Crippen molar-refractivity contribution in [1.29, 1.82) is 0 Å². The number of amides is 1. The van der Waals surface area contributed by atoms with E-state index in [9.17, 15) is 13.2 Å². The van der Waals surface area contributed by atoms with E-state index in [4.69, 9.17) is 11.6 Å². The molecule has 1 heterocycles. The van der Waals surface area contributed by atoms with Gasteiger partial charge < -0.3 is 5.32 Å². The number of sulfonamides is 1. The normalized spacial score (nSPS) is 18.4. The number of piperidine rings is 1. The molecule has 26 heavy (non-hydrogen) atoms. The van der Waals surface area contributed by atoms with Crippen LogP contribution in [0.5, 0.6) is 0 Å². The fraction of sp³-hybridized carbons (Fsp3) is 0.316. The Balaban J connectivity index is 1.75. The van der Waals surface area contributed by atoms with Crippen LogP contribution in [-0.4, -0.2) is 31.2 Å². The lowest BCUT2D eigenvalue weighted by Crippen LogP contribution is -2.51. The van der Waals surface area contributed by atoms with E-state index in [1.54, 1.807) is 42.5 Å². The summed E-state index contributed by atoms with van der Waals surface area (Å²) in [7, 11) is -3.69. The molecule has 1 aliphatic rings. The highest BCUT2D eigenvalue weighted by atomic mass is 35.5. The zero-order valence-electron chi connectivity index (χ0n) is 14.3. The minimum absolute atomic E-state index is 0.217. The molecule has 5 nitrogen and oxygen atoms in total. The van der Waals surface area contributed by atoms with E-state index in [1.165, 1.54) is 4.31 Å². The van der Waals surface area contributed by atoms with Gasteiger partial charge in [0.15, 0.2) is 0 Å². The Morgan fingerprint density at radius 1 is 1.12 bits per heavy atom. The summed E-state index contributed by atoms with van der Waals surface area (Å²) in [6, 6.07) is 14.8. The third-order valence-electron chi connectivity index (χ3n) is 4.46. The molecule has 138 valence electrons. The smallest absolute Gasteiger partial charge is 0.243 e. The van der Waals surface area contributed by atoms with Gasteiger partial charge in [0.1, 0.15) is 6.04 Å². The first-order valence-corrected chi connectivity index (χ1v) is 10.4. The highest BCUT2D eigenvalue weighted by Crippen LogP contribution is 2.25. The van der Waals surface area contributed by atoms with Crippen LogP contribution in [-0.2, 0) is 21.4 Å². The van der Waals surface area contributed by atoms with Crippen molar-refractivity contribution in [1.82, 2.24) is 9.62 Å². The average molecular weight is 393 g/mol. The molecule has 0 aromatic heterocycles. The number of carbonyl (C=O) groups excluding carboxylic acids is 1. The van der Waals surface area contributed by atoms with E-state index < -0.39 is 16.1 Å². The van der Waals surface area contributed by atoms with Gasteiger partial charge in [-0.3, -0.25) is 4.79 Å². The second-order valence-electron chi connectivity index (χ2n) is 6.29. The third kappa shape index (κ3) is 4.26. The fourth-order valence-electron chi connectivity index (χ4n) is 3.14. The molecule has 2 aromatic rings. The Morgan fingerprint density at radius 3 is 2.62 bits per heavy atom. The third-order valence-corrected chi connectivity index (χ3v) is 6.62. The molecular formula is C19H21ClN2O3S. The molecule has 1 fully saturated rings. The zero-order valence-corrected chi connectivity index (χ0v) is 15.8. The molecule has 2 aromatic carbocycles. The van der Waals surface area contributed by atoms with Gasteiger partial charge in [0.25, 0.3) is 0 Å². The summed E-state index contributed by atoms with van der Waals surface area (Å²) in [5, 5.41) is 3.45. The predicted octanol–water partition coefficient (Wildman–Crippen LogP) is 3.20. The molecule has 0 unspecified atom stereocenters. The molecule has 0 radical (unpaired) electrons. The van der Waals surface area contributed by atoms with Crippen LogP contribution in [0, 0.1) is 0 Å². The molecule has 1 N–H and O–H groups in total. The Morgan fingerprint density at radius 2 is 1.88 bits per heavy atom. The summed E-state index contributed by atoms with van der Waals surface area (Å²) in [5.74, 6) is -0.274. The number of carbonyl (C=O) groups is 1. The minimum Gasteiger partial charge on any atom is -0.351 e. The Hall–Kier alpha value is -1.89. The summed E-state index contributed by atoms with van der Waals surface area (Å²) in [4.78, 5) is 12.9. The topological polar surface area (TPSA) is 66.5 Å². The number of benzene rings is 2. The first kappa shape index (κ1) is 18.9. The van der Waals surface area contributed by atoms with Crippen LogP contribution >= 0.6 is 11.6 Å². The highest BCUT2D eigenvalue weighted by Gasteiger charge is 2.37. The van der Waals surface area contributed by atoms with Crippen molar-refractivity contribution in [2.75, 3.05) is 6.54 Å². The number of nitrogens with one attached hydrogen (secondary N) is 1. The fourth-order valence-corrected chi connectivity index (χ4v) is 5.03. The summed E-state index contributed by atoms with van der Waals surface area (Å²) in [6.45, 7) is 0.668. The second-order valence-corrected chi connectivity index (χ2v) is 8.62. The van der Waals surface area contributed by atoms with Gasteiger partial charge >= 0.3 is 0 Å². The largest absolute Gasteiger partial charge is 0.351 e. The molecule has 0 aliphatic carbocycles. The first-order valence-electron chi connectivity index (χ1n) is 8.57. The zero-order chi connectivity index (χ0) is 18.6. The standard InChI is InChI=1S/C19H21ClN2O3S/c20-16-8-6-7-15(13-16)14-21-19(23)18-11-4-5-12-22(18)26(24,25)17-9-2-1-3-10-17/h1-3,6-10,13,18H,4-5,11-12,14H2,(H,21,23)/t18-/m0/s1. The number of hydrogen-bond donors (Lipinski definition) is 1. The van der Waals surface area contributed by atoms with E-state index in [0.717, 1.165) is 18.4 Å². The van der Waals surface area contributed by atoms with Crippen molar-refractivity contribution >= 4 is 27.5 Å². The van der Waals surface area contributed by atoms with Crippen LogP contribution in [0.1, 0.15) is 24.8 Å². The molecule has 7 heteroatoms. The van der Waals surface area contributed by atoms with Crippen molar-refractivity contribution in [3.63, 3.8) is 0 Å². The maximum Gasteiger partial charge on any atom is 0.243 e. The number of hydrogen-bond acceptors (Lipinski definition) is 3. The van der Waals surface area contributed by atoms with Gasteiger partial charge in [0.2, 0.25) is 15.9 Å². The van der Waals surface area contributed by atoms with E-state index in [0.29, 0.717) is 24.5 Å². The monoisotopic (exact) mass is 392 g/mol. The Labute approximate surface area is 159 Å². The molecule has 1 aliphatic heterocycles. The quantitative estimate of drug-likeness (QED) is 0.849. The van der Waals surface area contributed by atoms with Gasteiger partial charge in [0.05, 0.1) is 4.90 Å². The highest BCUT2D eigenvalue weighted by molar-refractivity contribution is 7.89. The van der Waals surface area contributed by atoms with E-state index in [1.807, 2.05) is 12.1 Å². The maximum atomic E-state index is 12.9. The molecule has 1 amide bonds. The van der Waals surface area contributed by atoms with Gasteiger partial charge in [-0.25, -0.2) is 8.42 Å². The lowest BCUT2D eigenvalue weighted by molar-refractivity contribution is -0.125. The van der Waals surface area contributed by atoms with Crippen molar-refractivity contribution in [2.45, 2.75) is 36.7 Å². The van der Waals surface area contributed by atoms with Crippen molar-refractivity contribution in [3.8, 4) is 0 Å². The van der Waals surface area contributed by atoms with Gasteiger partial charge in [-0.1, -0.05) is 48.4 Å². The van der Waals surface area contributed by atoms with Gasteiger partial charge in [-0.05, 0) is 42.7 Å². The Kier molecular flexibility index (Phi) is 5.96. The minimum atomic E-state index is -3.69. The predicted molar refractivity (Wildman–Crippen MR) is 101 cm³/mol. The number of nitrogens with zero attached hydrogens (tertiary/aromatic N) is 1. The molecule has 1 saturated heterocycles. The van der Waals surface area contributed by atoms with Crippen LogP contribution in [0.4, 0.5) is 0 Å².